The molecule has 0 spiro atoms. The Kier molecular flexibility index (Phi) is 7.55. The Balaban J connectivity index is 4.46. The zero-order chi connectivity index (χ0) is 15.0. The van der Waals surface area contributed by atoms with Gasteiger partial charge in [0.25, 0.3) is 0 Å². The number of carbonyl (C=O) groups is 3. The highest BCUT2D eigenvalue weighted by atomic mass is 16.4. The summed E-state index contributed by atoms with van der Waals surface area (Å²) in [7, 11) is 0. The molecule has 0 radical (unpaired) electrons. The topological polar surface area (TPSA) is 122 Å². The van der Waals surface area contributed by atoms with Crippen LogP contribution >= 0.6 is 0 Å². The number of rotatable bonds is 8. The molecular formula is C12H23N3O4. The van der Waals surface area contributed by atoms with Crippen molar-refractivity contribution in [1.82, 2.24) is 10.6 Å². The molecule has 7 heteroatoms. The molecule has 2 unspecified atom stereocenters. The van der Waals surface area contributed by atoms with Gasteiger partial charge >= 0.3 is 12.0 Å². The summed E-state index contributed by atoms with van der Waals surface area (Å²) in [4.78, 5) is 33.5. The van der Waals surface area contributed by atoms with E-state index in [1.165, 1.54) is 0 Å². The molecule has 0 aromatic rings. The number of hydrogen-bond donors (Lipinski definition) is 4. The second kappa shape index (κ2) is 8.34. The van der Waals surface area contributed by atoms with Gasteiger partial charge in [0, 0.05) is 6.54 Å². The number of aliphatic carboxylic acids is 1. The third-order valence-corrected chi connectivity index (χ3v) is 2.70. The molecule has 0 saturated heterocycles. The third kappa shape index (κ3) is 7.28. The van der Waals surface area contributed by atoms with E-state index in [1.807, 2.05) is 13.8 Å². The first-order valence-corrected chi connectivity index (χ1v) is 6.34. The van der Waals surface area contributed by atoms with Crippen molar-refractivity contribution in [3.05, 3.63) is 0 Å². The smallest absolute Gasteiger partial charge is 0.312 e. The van der Waals surface area contributed by atoms with Crippen molar-refractivity contribution in [2.45, 2.75) is 39.7 Å². The summed E-state index contributed by atoms with van der Waals surface area (Å²) in [5, 5.41) is 13.8. The molecule has 0 bridgehead atoms. The molecule has 0 saturated carbocycles. The highest BCUT2D eigenvalue weighted by molar-refractivity contribution is 5.86. The maximum absolute atomic E-state index is 11.9. The van der Waals surface area contributed by atoms with Gasteiger partial charge in [-0.15, -0.1) is 0 Å². The van der Waals surface area contributed by atoms with Crippen LogP contribution in [-0.4, -0.2) is 35.6 Å². The van der Waals surface area contributed by atoms with Gasteiger partial charge in [-0.05, 0) is 18.8 Å². The number of carboxylic acids is 1. The molecule has 0 fully saturated rings. The van der Waals surface area contributed by atoms with Crippen LogP contribution in [0.2, 0.25) is 0 Å². The van der Waals surface area contributed by atoms with Crippen molar-refractivity contribution in [3.8, 4) is 0 Å². The minimum Gasteiger partial charge on any atom is -0.481 e. The Hall–Kier alpha value is -1.79. The fourth-order valence-electron chi connectivity index (χ4n) is 1.63. The molecular weight excluding hydrogens is 250 g/mol. The van der Waals surface area contributed by atoms with E-state index in [2.05, 4.69) is 10.6 Å². The highest BCUT2D eigenvalue weighted by Crippen LogP contribution is 2.06. The van der Waals surface area contributed by atoms with Gasteiger partial charge < -0.3 is 21.5 Å². The lowest BCUT2D eigenvalue weighted by Gasteiger charge is -2.20. The van der Waals surface area contributed by atoms with Gasteiger partial charge in [-0.2, -0.15) is 0 Å². The van der Waals surface area contributed by atoms with Crippen LogP contribution in [0.15, 0.2) is 0 Å². The number of nitrogens with two attached hydrogens (primary N) is 1. The van der Waals surface area contributed by atoms with Crippen molar-refractivity contribution in [3.63, 3.8) is 0 Å². The van der Waals surface area contributed by atoms with Crippen LogP contribution in [0.4, 0.5) is 4.79 Å². The zero-order valence-corrected chi connectivity index (χ0v) is 11.6. The second-order valence-electron chi connectivity index (χ2n) is 4.88. The highest BCUT2D eigenvalue weighted by Gasteiger charge is 2.23. The summed E-state index contributed by atoms with van der Waals surface area (Å²) in [6.07, 6.45) is 0.867. The number of primary amides is 1. The Morgan fingerprint density at radius 2 is 1.84 bits per heavy atom. The maximum atomic E-state index is 11.9. The summed E-state index contributed by atoms with van der Waals surface area (Å²) in [6, 6.07) is -1.50. The number of nitrogens with one attached hydrogen (secondary N) is 2. The van der Waals surface area contributed by atoms with E-state index < -0.39 is 29.9 Å². The minimum absolute atomic E-state index is 0.0414. The van der Waals surface area contributed by atoms with Crippen LogP contribution in [0.1, 0.15) is 33.6 Å². The third-order valence-electron chi connectivity index (χ3n) is 2.70. The minimum atomic E-state index is -0.953. The van der Waals surface area contributed by atoms with Crippen molar-refractivity contribution in [1.29, 1.82) is 0 Å². The lowest BCUT2D eigenvalue weighted by molar-refractivity contribution is -0.141. The molecule has 3 amide bonds. The summed E-state index contributed by atoms with van der Waals surface area (Å²) in [5.74, 6) is -1.79. The van der Waals surface area contributed by atoms with E-state index in [0.29, 0.717) is 12.8 Å². The van der Waals surface area contributed by atoms with Crippen molar-refractivity contribution >= 4 is 17.9 Å². The first-order chi connectivity index (χ1) is 8.77. The quantitative estimate of drug-likeness (QED) is 0.508. The average Bonchev–Trinajstić information content (AvgIpc) is 2.26. The van der Waals surface area contributed by atoms with E-state index in [9.17, 15) is 14.4 Å². The Morgan fingerprint density at radius 3 is 2.21 bits per heavy atom. The summed E-state index contributed by atoms with van der Waals surface area (Å²) in [6.45, 7) is 5.60. The molecule has 0 aromatic carbocycles. The number of carbonyl (C=O) groups excluding carboxylic acids is 2. The number of carboxylic acid groups (broad SMARTS) is 1. The fraction of sp³-hybridized carbons (Fsp3) is 0.750. The molecule has 0 heterocycles. The van der Waals surface area contributed by atoms with Crippen LogP contribution in [0.5, 0.6) is 0 Å². The van der Waals surface area contributed by atoms with Gasteiger partial charge in [0.1, 0.15) is 6.04 Å². The number of amides is 3. The fourth-order valence-corrected chi connectivity index (χ4v) is 1.63. The lowest BCUT2D eigenvalue weighted by atomic mass is 10.0. The zero-order valence-electron chi connectivity index (χ0n) is 11.6. The van der Waals surface area contributed by atoms with E-state index in [0.717, 1.165) is 0 Å². The van der Waals surface area contributed by atoms with Crippen LogP contribution in [0, 0.1) is 11.8 Å². The molecule has 0 rings (SSSR count). The summed E-state index contributed by atoms with van der Waals surface area (Å²) >= 11 is 0. The summed E-state index contributed by atoms with van der Waals surface area (Å²) in [5.41, 5.74) is 5.01. The predicted octanol–water partition coefficient (Wildman–Crippen LogP) is 0.296. The largest absolute Gasteiger partial charge is 0.481 e. The van der Waals surface area contributed by atoms with Crippen LogP contribution in [0.25, 0.3) is 0 Å². The Morgan fingerprint density at radius 1 is 1.26 bits per heavy atom. The molecule has 7 nitrogen and oxygen atoms in total. The molecule has 0 aliphatic rings. The van der Waals surface area contributed by atoms with E-state index >= 15 is 0 Å². The average molecular weight is 273 g/mol. The molecule has 0 aromatic heterocycles. The van der Waals surface area contributed by atoms with Gasteiger partial charge in [0.05, 0.1) is 5.92 Å². The van der Waals surface area contributed by atoms with Crippen molar-refractivity contribution in [2.75, 3.05) is 6.54 Å². The monoisotopic (exact) mass is 273 g/mol. The molecule has 0 aliphatic carbocycles. The maximum Gasteiger partial charge on any atom is 0.312 e. The van der Waals surface area contributed by atoms with Crippen LogP contribution < -0.4 is 16.4 Å². The first kappa shape index (κ1) is 17.2. The molecule has 2 atom stereocenters. The van der Waals surface area contributed by atoms with Crippen molar-refractivity contribution < 1.29 is 19.5 Å². The van der Waals surface area contributed by atoms with Crippen molar-refractivity contribution in [2.24, 2.45) is 17.6 Å². The van der Waals surface area contributed by atoms with Gasteiger partial charge in [0.2, 0.25) is 5.91 Å². The molecule has 110 valence electrons. The van der Waals surface area contributed by atoms with E-state index in [-0.39, 0.29) is 12.5 Å². The summed E-state index contributed by atoms with van der Waals surface area (Å²) < 4.78 is 0. The Bertz CT molecular complexity index is 331. The van der Waals surface area contributed by atoms with Gasteiger partial charge in [0.15, 0.2) is 0 Å². The van der Waals surface area contributed by atoms with Gasteiger partial charge in [-0.1, -0.05) is 20.8 Å². The normalized spacial score (nSPS) is 13.7. The van der Waals surface area contributed by atoms with Gasteiger partial charge in [-0.3, -0.25) is 9.59 Å². The number of urea groups is 1. The Labute approximate surface area is 112 Å². The van der Waals surface area contributed by atoms with E-state index in [4.69, 9.17) is 10.8 Å². The molecule has 5 N–H and O–H groups in total. The van der Waals surface area contributed by atoms with E-state index in [1.54, 1.807) is 6.92 Å². The first-order valence-electron chi connectivity index (χ1n) is 6.34. The van der Waals surface area contributed by atoms with Crippen LogP contribution in [0.3, 0.4) is 0 Å². The molecule has 19 heavy (non-hydrogen) atoms. The lowest BCUT2D eigenvalue weighted by Crippen LogP contribution is -2.50. The SMILES string of the molecule is CCC(CNC(=O)C(CC(C)C)NC(N)=O)C(=O)O. The standard InChI is InChI=1S/C12H23N3O4/c1-4-8(11(17)18)6-14-10(16)9(5-7(2)3)15-12(13)19/h7-9H,4-6H2,1-3H3,(H,14,16)(H,17,18)(H3,13,15,19). The second-order valence-corrected chi connectivity index (χ2v) is 4.88. The molecule has 0 aliphatic heterocycles. The number of hydrogen-bond acceptors (Lipinski definition) is 3. The van der Waals surface area contributed by atoms with Gasteiger partial charge in [-0.25, -0.2) is 4.79 Å². The predicted molar refractivity (Wildman–Crippen MR) is 70.4 cm³/mol. The van der Waals surface area contributed by atoms with Crippen LogP contribution in [-0.2, 0) is 9.59 Å².